The Hall–Kier alpha value is -4.64. The summed E-state index contributed by atoms with van der Waals surface area (Å²) < 4.78 is 51.1. The van der Waals surface area contributed by atoms with Crippen LogP contribution >= 0.6 is 0 Å². The molecule has 10 nitrogen and oxygen atoms in total. The molecule has 3 heterocycles. The molecule has 43 heavy (non-hydrogen) atoms. The van der Waals surface area contributed by atoms with Gasteiger partial charge < -0.3 is 21.7 Å². The number of hydrogen-bond acceptors (Lipinski definition) is 6. The second kappa shape index (κ2) is 11.9. The average molecular weight is 658 g/mol. The van der Waals surface area contributed by atoms with Crippen LogP contribution in [0, 0.1) is 18.3 Å². The molecule has 1 N–H and O–H groups in total. The monoisotopic (exact) mass is 657 g/mol. The van der Waals surface area contributed by atoms with E-state index in [0.29, 0.717) is 29.7 Å². The summed E-state index contributed by atoms with van der Waals surface area (Å²) in [7, 11) is 3.12. The molecule has 0 saturated heterocycles. The lowest BCUT2D eigenvalue weighted by molar-refractivity contribution is -0.677. The largest absolute Gasteiger partial charge is 1.00 e. The zero-order valence-electron chi connectivity index (χ0n) is 23.6. The number of aromatic nitrogens is 5. The molecule has 1 aliphatic heterocycles. The fourth-order valence-corrected chi connectivity index (χ4v) is 5.31. The standard InChI is InChI=1S/C29H26F3N7O3.BrH/c1-17-24(26(40)42-4)25(23-9-8-19(16-33)14-20(23)10-11-37-13-12-36(3)18(37)2)39-27(34-35-28(39)41)38(17)22-7-5-6-21(15-22)29(30,31)32;/h5-9,12-15,25H,10-11H2,1-4H3;1H. The van der Waals surface area contributed by atoms with E-state index in [9.17, 15) is 28.0 Å². The summed E-state index contributed by atoms with van der Waals surface area (Å²) in [5.74, 6) is 0.233. The van der Waals surface area contributed by atoms with Gasteiger partial charge in [0.1, 0.15) is 18.4 Å². The van der Waals surface area contributed by atoms with Gasteiger partial charge in [0.05, 0.1) is 43.5 Å². The number of methoxy groups -OCH3 is 1. The molecule has 224 valence electrons. The quantitative estimate of drug-likeness (QED) is 0.243. The predicted octanol–water partition coefficient (Wildman–Crippen LogP) is 0.831. The molecule has 0 fully saturated rings. The zero-order valence-corrected chi connectivity index (χ0v) is 25.2. The van der Waals surface area contributed by atoms with Gasteiger partial charge in [-0.1, -0.05) is 12.1 Å². The van der Waals surface area contributed by atoms with E-state index >= 15 is 0 Å². The molecule has 0 saturated carbocycles. The first-order valence-electron chi connectivity index (χ1n) is 12.9. The van der Waals surface area contributed by atoms with Crippen molar-refractivity contribution in [2.24, 2.45) is 7.05 Å². The van der Waals surface area contributed by atoms with E-state index in [4.69, 9.17) is 4.74 Å². The molecule has 2 aromatic carbocycles. The summed E-state index contributed by atoms with van der Waals surface area (Å²) >= 11 is 0. The number of fused-ring (bicyclic) bond motifs is 1. The molecule has 0 bridgehead atoms. The average Bonchev–Trinajstić information content (AvgIpc) is 3.51. The minimum absolute atomic E-state index is 0. The van der Waals surface area contributed by atoms with Gasteiger partial charge in [0, 0.05) is 24.7 Å². The summed E-state index contributed by atoms with van der Waals surface area (Å²) in [5, 5.41) is 16.2. The number of imidazole rings is 1. The highest BCUT2D eigenvalue weighted by Crippen LogP contribution is 2.43. The van der Waals surface area contributed by atoms with Crippen molar-refractivity contribution in [3.63, 3.8) is 0 Å². The maximum atomic E-state index is 13.6. The lowest BCUT2D eigenvalue weighted by atomic mass is 9.89. The number of aryl methyl sites for hydroxylation is 3. The number of hydrogen-bond donors (Lipinski definition) is 1. The molecule has 1 aliphatic rings. The Morgan fingerprint density at radius 1 is 1.21 bits per heavy atom. The Morgan fingerprint density at radius 3 is 2.58 bits per heavy atom. The van der Waals surface area contributed by atoms with Crippen LogP contribution in [0.1, 0.15) is 41.0 Å². The summed E-state index contributed by atoms with van der Waals surface area (Å²) in [5.41, 5.74) is 0.406. The number of benzene rings is 2. The number of aromatic amines is 1. The van der Waals surface area contributed by atoms with Gasteiger partial charge in [-0.2, -0.15) is 18.4 Å². The first kappa shape index (κ1) is 31.3. The number of alkyl halides is 3. The third-order valence-corrected chi connectivity index (χ3v) is 7.56. The van der Waals surface area contributed by atoms with Crippen LogP contribution in [-0.2, 0) is 35.7 Å². The van der Waals surface area contributed by atoms with Crippen molar-refractivity contribution in [3.05, 3.63) is 105 Å². The van der Waals surface area contributed by atoms with E-state index in [-0.39, 0.29) is 39.9 Å². The molecule has 4 aromatic rings. The number of allylic oxidation sites excluding steroid dienone is 1. The minimum Gasteiger partial charge on any atom is -1.00 e. The Bertz CT molecular complexity index is 1830. The number of nitrogens with zero attached hydrogens (tertiary/aromatic N) is 6. The third-order valence-electron chi connectivity index (χ3n) is 7.56. The van der Waals surface area contributed by atoms with Gasteiger partial charge >= 0.3 is 17.8 Å². The van der Waals surface area contributed by atoms with Crippen molar-refractivity contribution in [2.75, 3.05) is 12.0 Å². The number of nitriles is 1. The Labute approximate surface area is 255 Å². The van der Waals surface area contributed by atoms with Gasteiger partial charge in [-0.3, -0.25) is 4.90 Å². The molecule has 1 atom stereocenters. The first-order chi connectivity index (χ1) is 20.0. The van der Waals surface area contributed by atoms with Crippen molar-refractivity contribution in [3.8, 4) is 6.07 Å². The topological polar surface area (TPSA) is 113 Å². The molecule has 5 rings (SSSR count). The maximum absolute atomic E-state index is 13.6. The van der Waals surface area contributed by atoms with Crippen LogP contribution < -0.4 is 32.1 Å². The van der Waals surface area contributed by atoms with Gasteiger partial charge in [0.15, 0.2) is 0 Å². The minimum atomic E-state index is -4.62. The van der Waals surface area contributed by atoms with Crippen LogP contribution in [0.4, 0.5) is 24.8 Å². The highest BCUT2D eigenvalue weighted by Gasteiger charge is 2.41. The molecular weight excluding hydrogens is 631 g/mol. The number of anilines is 2. The van der Waals surface area contributed by atoms with Crippen molar-refractivity contribution in [2.45, 2.75) is 39.0 Å². The van der Waals surface area contributed by atoms with E-state index in [0.717, 1.165) is 18.0 Å². The number of esters is 1. The molecule has 14 heteroatoms. The summed E-state index contributed by atoms with van der Waals surface area (Å²) in [6.07, 6.45) is -0.317. The highest BCUT2D eigenvalue weighted by molar-refractivity contribution is 5.93. The normalized spacial score (nSPS) is 14.7. The van der Waals surface area contributed by atoms with Gasteiger partial charge in [0.2, 0.25) is 5.95 Å². The summed E-state index contributed by atoms with van der Waals surface area (Å²) in [6, 6.07) is 10.6. The van der Waals surface area contributed by atoms with Gasteiger partial charge in [-0.25, -0.2) is 28.4 Å². The predicted molar refractivity (Wildman–Crippen MR) is 144 cm³/mol. The van der Waals surface area contributed by atoms with Crippen LogP contribution in [0.2, 0.25) is 0 Å². The van der Waals surface area contributed by atoms with Crippen LogP contribution in [0.15, 0.2) is 70.9 Å². The number of nitrogens with one attached hydrogen (secondary N) is 1. The van der Waals surface area contributed by atoms with Crippen molar-refractivity contribution in [1.29, 1.82) is 5.26 Å². The molecule has 0 amide bonds. The SMILES string of the molecule is COC(=O)C1=C(C)N(c2cccc(C(F)(F)F)c2)c2n[nH]c(=O)n2C1c1ccc(C#N)cc1CCn1cc[n+](C)c1C.[Br-]. The number of halogens is 4. The second-order valence-electron chi connectivity index (χ2n) is 9.90. The third kappa shape index (κ3) is 5.60. The van der Waals surface area contributed by atoms with Crippen LogP contribution in [0.3, 0.4) is 0 Å². The molecule has 1 unspecified atom stereocenters. The van der Waals surface area contributed by atoms with Crippen LogP contribution in [-0.4, -0.2) is 32.4 Å². The smallest absolute Gasteiger partial charge is 0.416 e. The Kier molecular flexibility index (Phi) is 8.68. The molecule has 0 spiro atoms. The second-order valence-corrected chi connectivity index (χ2v) is 9.90. The molecule has 2 aromatic heterocycles. The van der Waals surface area contributed by atoms with E-state index in [1.54, 1.807) is 25.1 Å². The van der Waals surface area contributed by atoms with E-state index in [1.165, 1.54) is 28.7 Å². The Balaban J connectivity index is 0.00000423. The Morgan fingerprint density at radius 2 is 1.95 bits per heavy atom. The van der Waals surface area contributed by atoms with E-state index in [1.807, 2.05) is 35.5 Å². The van der Waals surface area contributed by atoms with Gasteiger partial charge in [-0.15, -0.1) is 5.10 Å². The van der Waals surface area contributed by atoms with Gasteiger partial charge in [0.25, 0.3) is 5.82 Å². The number of carbonyl (C=O) groups is 1. The zero-order chi connectivity index (χ0) is 30.3. The summed E-state index contributed by atoms with van der Waals surface area (Å²) in [6.45, 7) is 4.07. The van der Waals surface area contributed by atoms with E-state index < -0.39 is 29.4 Å². The number of H-pyrrole nitrogens is 1. The van der Waals surface area contributed by atoms with Crippen LogP contribution in [0.5, 0.6) is 0 Å². The number of carbonyl (C=O) groups excluding carboxylic acids is 1. The first-order valence-corrected chi connectivity index (χ1v) is 12.9. The number of rotatable bonds is 6. The maximum Gasteiger partial charge on any atom is 0.416 e. The molecular formula is C29H27BrF3N7O3. The fourth-order valence-electron chi connectivity index (χ4n) is 5.31. The van der Waals surface area contributed by atoms with Gasteiger partial charge in [-0.05, 0) is 48.4 Å². The number of ether oxygens (including phenoxy) is 1. The lowest BCUT2D eigenvalue weighted by Crippen LogP contribution is -3.00. The fraction of sp³-hybridized carbons (Fsp3) is 0.276. The van der Waals surface area contributed by atoms with Crippen molar-refractivity contribution < 1.29 is 44.3 Å². The van der Waals surface area contributed by atoms with E-state index in [2.05, 4.69) is 16.3 Å². The molecule has 0 radical (unpaired) electrons. The lowest BCUT2D eigenvalue weighted by Gasteiger charge is -2.36. The summed E-state index contributed by atoms with van der Waals surface area (Å²) in [4.78, 5) is 28.0. The van der Waals surface area contributed by atoms with Crippen molar-refractivity contribution >= 4 is 17.6 Å². The highest BCUT2D eigenvalue weighted by atomic mass is 79.9. The molecule has 0 aliphatic carbocycles. The van der Waals surface area contributed by atoms with Crippen molar-refractivity contribution in [1.82, 2.24) is 19.3 Å². The van der Waals surface area contributed by atoms with Crippen LogP contribution in [0.25, 0.3) is 0 Å².